The van der Waals surface area contributed by atoms with Gasteiger partial charge in [-0.25, -0.2) is 8.42 Å². The highest BCUT2D eigenvalue weighted by atomic mass is 32.2. The number of para-hydroxylation sites is 1. The summed E-state index contributed by atoms with van der Waals surface area (Å²) < 4.78 is 26.9. The zero-order valence-corrected chi connectivity index (χ0v) is 15.0. The summed E-state index contributed by atoms with van der Waals surface area (Å²) in [7, 11) is -3.53. The van der Waals surface area contributed by atoms with Gasteiger partial charge in [-0.2, -0.15) is 0 Å². The van der Waals surface area contributed by atoms with E-state index < -0.39 is 10.0 Å². The van der Waals surface area contributed by atoms with Gasteiger partial charge in [0.25, 0.3) is 0 Å². The molecular weight excluding hydrogens is 342 g/mol. The second-order valence-corrected chi connectivity index (χ2v) is 8.41. The Balaban J connectivity index is 1.61. The second-order valence-electron chi connectivity index (χ2n) is 6.39. The number of fused-ring (bicyclic) bond motifs is 1. The highest BCUT2D eigenvalue weighted by Gasteiger charge is 2.29. The van der Waals surface area contributed by atoms with E-state index in [4.69, 9.17) is 0 Å². The molecular formula is C17H23N3O4S. The van der Waals surface area contributed by atoms with Crippen LogP contribution in [-0.2, 0) is 26.0 Å². The molecule has 2 aliphatic heterocycles. The zero-order chi connectivity index (χ0) is 17.9. The SMILES string of the molecule is O=CN1CCN(C(=O)CCS(=O)(=O)N2CCCc3ccccc32)CC1. The molecule has 0 radical (unpaired) electrons. The first-order valence-corrected chi connectivity index (χ1v) is 10.2. The van der Waals surface area contributed by atoms with Crippen molar-refractivity contribution in [2.45, 2.75) is 19.3 Å². The molecule has 0 saturated carbocycles. The number of anilines is 1. The summed E-state index contributed by atoms with van der Waals surface area (Å²) in [5, 5.41) is 0. The van der Waals surface area contributed by atoms with Crippen molar-refractivity contribution in [1.82, 2.24) is 9.80 Å². The molecule has 0 bridgehead atoms. The Labute approximate surface area is 148 Å². The van der Waals surface area contributed by atoms with Gasteiger partial charge in [-0.05, 0) is 24.5 Å². The van der Waals surface area contributed by atoms with Crippen LogP contribution in [0, 0.1) is 0 Å². The number of rotatable bonds is 5. The molecule has 0 aromatic heterocycles. The van der Waals surface area contributed by atoms with E-state index in [1.807, 2.05) is 24.3 Å². The number of hydrogen-bond acceptors (Lipinski definition) is 4. The van der Waals surface area contributed by atoms with E-state index in [-0.39, 0.29) is 18.1 Å². The molecule has 1 fully saturated rings. The minimum absolute atomic E-state index is 0.0257. The third-order valence-corrected chi connectivity index (χ3v) is 6.56. The average molecular weight is 365 g/mol. The summed E-state index contributed by atoms with van der Waals surface area (Å²) in [5.74, 6) is -0.354. The molecule has 8 heteroatoms. The molecule has 7 nitrogen and oxygen atoms in total. The van der Waals surface area contributed by atoms with Crippen LogP contribution in [0.3, 0.4) is 0 Å². The van der Waals surface area contributed by atoms with Gasteiger partial charge in [0.15, 0.2) is 0 Å². The molecule has 1 aromatic rings. The molecule has 0 aliphatic carbocycles. The van der Waals surface area contributed by atoms with Crippen molar-refractivity contribution < 1.29 is 18.0 Å². The van der Waals surface area contributed by atoms with E-state index in [2.05, 4.69) is 0 Å². The average Bonchev–Trinajstić information content (AvgIpc) is 2.65. The highest BCUT2D eigenvalue weighted by Crippen LogP contribution is 2.29. The molecule has 2 heterocycles. The topological polar surface area (TPSA) is 78.0 Å². The number of carbonyl (C=O) groups is 2. The predicted octanol–water partition coefficient (Wildman–Crippen LogP) is 0.460. The van der Waals surface area contributed by atoms with E-state index in [0.29, 0.717) is 32.7 Å². The zero-order valence-electron chi connectivity index (χ0n) is 14.1. The Morgan fingerprint density at radius 1 is 1.08 bits per heavy atom. The van der Waals surface area contributed by atoms with Gasteiger partial charge in [-0.15, -0.1) is 0 Å². The maximum absolute atomic E-state index is 12.7. The quantitative estimate of drug-likeness (QED) is 0.710. The lowest BCUT2D eigenvalue weighted by Gasteiger charge is -2.33. The van der Waals surface area contributed by atoms with Crippen molar-refractivity contribution >= 4 is 28.0 Å². The predicted molar refractivity (Wildman–Crippen MR) is 94.7 cm³/mol. The van der Waals surface area contributed by atoms with Crippen LogP contribution in [0.5, 0.6) is 0 Å². The van der Waals surface area contributed by atoms with E-state index in [9.17, 15) is 18.0 Å². The number of aryl methyl sites for hydroxylation is 1. The fraction of sp³-hybridized carbons (Fsp3) is 0.529. The summed E-state index contributed by atoms with van der Waals surface area (Å²) in [6, 6.07) is 7.53. The molecule has 1 saturated heterocycles. The molecule has 0 atom stereocenters. The summed E-state index contributed by atoms with van der Waals surface area (Å²) in [6.45, 7) is 2.39. The van der Waals surface area contributed by atoms with Crippen LogP contribution < -0.4 is 4.31 Å². The maximum atomic E-state index is 12.7. The Morgan fingerprint density at radius 3 is 2.52 bits per heavy atom. The number of sulfonamides is 1. The van der Waals surface area contributed by atoms with Crippen LogP contribution >= 0.6 is 0 Å². The number of nitrogens with zero attached hydrogens (tertiary/aromatic N) is 3. The van der Waals surface area contributed by atoms with Crippen LogP contribution in [0.25, 0.3) is 0 Å². The molecule has 25 heavy (non-hydrogen) atoms. The van der Waals surface area contributed by atoms with Gasteiger partial charge in [-0.3, -0.25) is 13.9 Å². The van der Waals surface area contributed by atoms with E-state index in [1.54, 1.807) is 9.80 Å². The lowest BCUT2D eigenvalue weighted by Crippen LogP contribution is -2.48. The fourth-order valence-corrected chi connectivity index (χ4v) is 4.89. The summed E-state index contributed by atoms with van der Waals surface area (Å²) in [6.07, 6.45) is 2.42. The lowest BCUT2D eigenvalue weighted by molar-refractivity contribution is -0.134. The number of carbonyl (C=O) groups excluding carboxylic acids is 2. The largest absolute Gasteiger partial charge is 0.342 e. The molecule has 0 unspecified atom stereocenters. The number of benzene rings is 1. The first-order chi connectivity index (χ1) is 12.0. The fourth-order valence-electron chi connectivity index (χ4n) is 3.35. The van der Waals surface area contributed by atoms with Gasteiger partial charge in [0.2, 0.25) is 22.3 Å². The normalized spacial score (nSPS) is 18.0. The summed E-state index contributed by atoms with van der Waals surface area (Å²) in [4.78, 5) is 26.3. The Hall–Kier alpha value is -2.09. The van der Waals surface area contributed by atoms with Gasteiger partial charge in [0.1, 0.15) is 0 Å². The lowest BCUT2D eigenvalue weighted by atomic mass is 10.0. The number of amides is 2. The maximum Gasteiger partial charge on any atom is 0.235 e. The van der Waals surface area contributed by atoms with Crippen LogP contribution in [0.4, 0.5) is 5.69 Å². The summed E-state index contributed by atoms with van der Waals surface area (Å²) >= 11 is 0. The third kappa shape index (κ3) is 3.95. The minimum atomic E-state index is -3.53. The van der Waals surface area contributed by atoms with Gasteiger partial charge >= 0.3 is 0 Å². The number of piperazine rings is 1. The van der Waals surface area contributed by atoms with Gasteiger partial charge in [0.05, 0.1) is 11.4 Å². The smallest absolute Gasteiger partial charge is 0.235 e. The van der Waals surface area contributed by atoms with Gasteiger partial charge in [-0.1, -0.05) is 18.2 Å². The van der Waals surface area contributed by atoms with Crippen LogP contribution in [0.1, 0.15) is 18.4 Å². The molecule has 0 N–H and O–H groups in total. The van der Waals surface area contributed by atoms with Crippen molar-refractivity contribution in [3.63, 3.8) is 0 Å². The Morgan fingerprint density at radius 2 is 1.80 bits per heavy atom. The second kappa shape index (κ2) is 7.43. The van der Waals surface area contributed by atoms with E-state index in [1.165, 1.54) is 4.31 Å². The molecule has 3 rings (SSSR count). The standard InChI is InChI=1S/C17H23N3O4S/c21-14-18-9-11-19(12-10-18)17(22)7-13-25(23,24)20-8-3-5-15-4-1-2-6-16(15)20/h1-2,4,6,14H,3,5,7-13H2. The van der Waals surface area contributed by atoms with Crippen molar-refractivity contribution in [1.29, 1.82) is 0 Å². The van der Waals surface area contributed by atoms with Crippen molar-refractivity contribution in [2.24, 2.45) is 0 Å². The molecule has 1 aromatic carbocycles. The van der Waals surface area contributed by atoms with E-state index in [0.717, 1.165) is 30.5 Å². The highest BCUT2D eigenvalue weighted by molar-refractivity contribution is 7.92. The minimum Gasteiger partial charge on any atom is -0.342 e. The molecule has 136 valence electrons. The van der Waals surface area contributed by atoms with Gasteiger partial charge in [0, 0.05) is 39.1 Å². The van der Waals surface area contributed by atoms with E-state index >= 15 is 0 Å². The van der Waals surface area contributed by atoms with Crippen LogP contribution in [0.15, 0.2) is 24.3 Å². The van der Waals surface area contributed by atoms with Crippen LogP contribution in [-0.4, -0.2) is 69.0 Å². The van der Waals surface area contributed by atoms with Gasteiger partial charge < -0.3 is 9.80 Å². The van der Waals surface area contributed by atoms with Crippen molar-refractivity contribution in [2.75, 3.05) is 42.8 Å². The third-order valence-electron chi connectivity index (χ3n) is 4.79. The molecule has 2 amide bonds. The number of hydrogen-bond donors (Lipinski definition) is 0. The van der Waals surface area contributed by atoms with Crippen LogP contribution in [0.2, 0.25) is 0 Å². The first-order valence-electron chi connectivity index (χ1n) is 8.57. The van der Waals surface area contributed by atoms with Crippen molar-refractivity contribution in [3.05, 3.63) is 29.8 Å². The molecule has 0 spiro atoms. The Kier molecular flexibility index (Phi) is 5.27. The Bertz CT molecular complexity index is 742. The van der Waals surface area contributed by atoms with Crippen molar-refractivity contribution in [3.8, 4) is 0 Å². The summed E-state index contributed by atoms with van der Waals surface area (Å²) in [5.41, 5.74) is 1.77. The molecule has 2 aliphatic rings. The first kappa shape index (κ1) is 17.7. The monoisotopic (exact) mass is 365 g/mol.